The van der Waals surface area contributed by atoms with Gasteiger partial charge in [-0.05, 0) is 12.1 Å². The van der Waals surface area contributed by atoms with Crippen LogP contribution in [0.1, 0.15) is 10.4 Å². The van der Waals surface area contributed by atoms with E-state index in [9.17, 15) is 9.59 Å². The molecule has 0 saturated carbocycles. The lowest BCUT2D eigenvalue weighted by molar-refractivity contribution is 0.102. The van der Waals surface area contributed by atoms with Gasteiger partial charge in [0.2, 0.25) is 0 Å². The number of amides is 1. The van der Waals surface area contributed by atoms with Gasteiger partial charge in [-0.3, -0.25) is 9.59 Å². The van der Waals surface area contributed by atoms with E-state index >= 15 is 0 Å². The van der Waals surface area contributed by atoms with Crippen molar-refractivity contribution in [3.05, 3.63) is 65.2 Å². The van der Waals surface area contributed by atoms with Crippen LogP contribution in [0.15, 0.2) is 54.2 Å². The number of anilines is 1. The smallest absolute Gasteiger partial charge is 0.261 e. The number of hydrogen-bond acceptors (Lipinski definition) is 5. The van der Waals surface area contributed by atoms with Crippen molar-refractivity contribution in [2.45, 2.75) is 0 Å². The molecule has 1 amide bonds. The Balaban J connectivity index is 1.78. The molecule has 2 N–H and O–H groups in total. The van der Waals surface area contributed by atoms with Gasteiger partial charge in [0.15, 0.2) is 11.2 Å². The van der Waals surface area contributed by atoms with E-state index < -0.39 is 5.91 Å². The summed E-state index contributed by atoms with van der Waals surface area (Å²) in [6.45, 7) is 0. The lowest BCUT2D eigenvalue weighted by atomic mass is 10.2. The first kappa shape index (κ1) is 12.7. The van der Waals surface area contributed by atoms with Gasteiger partial charge < -0.3 is 10.3 Å². The predicted octanol–water partition coefficient (Wildman–Crippen LogP) is 0.603. The number of H-pyrrole nitrogens is 1. The second-order valence-corrected chi connectivity index (χ2v) is 4.12. The highest BCUT2D eigenvalue weighted by molar-refractivity contribution is 6.03. The molecule has 0 fully saturated rings. The maximum atomic E-state index is 12.0. The maximum Gasteiger partial charge on any atom is 0.261 e. The molecular formula is C13H10N6O2. The summed E-state index contributed by atoms with van der Waals surface area (Å²) in [5, 5.41) is 6.55. The van der Waals surface area contributed by atoms with E-state index in [2.05, 4.69) is 25.4 Å². The topological polar surface area (TPSA) is 106 Å². The summed E-state index contributed by atoms with van der Waals surface area (Å²) in [4.78, 5) is 34.2. The monoisotopic (exact) mass is 282 g/mol. The lowest BCUT2D eigenvalue weighted by Gasteiger charge is -2.05. The summed E-state index contributed by atoms with van der Waals surface area (Å²) < 4.78 is 1.49. The van der Waals surface area contributed by atoms with Crippen LogP contribution in [-0.4, -0.2) is 30.6 Å². The third-order valence-corrected chi connectivity index (χ3v) is 2.73. The van der Waals surface area contributed by atoms with Crippen molar-refractivity contribution in [3.8, 4) is 5.82 Å². The minimum atomic E-state index is -0.493. The second kappa shape index (κ2) is 5.37. The molecule has 0 aliphatic heterocycles. The van der Waals surface area contributed by atoms with Crippen LogP contribution in [0.5, 0.6) is 0 Å². The van der Waals surface area contributed by atoms with Gasteiger partial charge in [-0.25, -0.2) is 14.6 Å². The molecule has 8 nitrogen and oxygen atoms in total. The maximum absolute atomic E-state index is 12.0. The van der Waals surface area contributed by atoms with Crippen molar-refractivity contribution < 1.29 is 4.79 Å². The summed E-state index contributed by atoms with van der Waals surface area (Å²) in [6.07, 6.45) is 7.22. The molecule has 0 bridgehead atoms. The molecule has 0 radical (unpaired) electrons. The zero-order chi connectivity index (χ0) is 14.7. The molecule has 3 aromatic rings. The molecule has 8 heteroatoms. The number of nitrogens with zero attached hydrogens (tertiary/aromatic N) is 4. The molecule has 0 saturated heterocycles. The Kier molecular flexibility index (Phi) is 3.26. The Morgan fingerprint density at radius 3 is 2.86 bits per heavy atom. The molecule has 0 aliphatic rings. The van der Waals surface area contributed by atoms with Crippen molar-refractivity contribution >= 4 is 11.6 Å². The van der Waals surface area contributed by atoms with E-state index in [1.807, 2.05) is 0 Å². The minimum Gasteiger partial charge on any atom is -0.367 e. The number of pyridine rings is 2. The highest BCUT2D eigenvalue weighted by atomic mass is 16.2. The fourth-order valence-electron chi connectivity index (χ4n) is 1.71. The van der Waals surface area contributed by atoms with Crippen LogP contribution in [0.4, 0.5) is 5.69 Å². The fourth-order valence-corrected chi connectivity index (χ4v) is 1.71. The highest BCUT2D eigenvalue weighted by Gasteiger charge is 2.10. The average Bonchev–Trinajstić information content (AvgIpc) is 3.02. The predicted molar refractivity (Wildman–Crippen MR) is 74.2 cm³/mol. The number of aromatic nitrogens is 5. The molecule has 3 rings (SSSR count). The molecule has 0 aromatic carbocycles. The van der Waals surface area contributed by atoms with Gasteiger partial charge in [0.25, 0.3) is 5.91 Å². The van der Waals surface area contributed by atoms with Gasteiger partial charge in [0.05, 0.1) is 11.9 Å². The van der Waals surface area contributed by atoms with Crippen LogP contribution in [0.25, 0.3) is 5.82 Å². The molecule has 0 atom stereocenters. The summed E-state index contributed by atoms with van der Waals surface area (Å²) in [5.74, 6) is 0.0789. The molecular weight excluding hydrogens is 272 g/mol. The first-order valence-electron chi connectivity index (χ1n) is 6.03. The van der Waals surface area contributed by atoms with Crippen molar-refractivity contribution in [2.24, 2.45) is 0 Å². The zero-order valence-electron chi connectivity index (χ0n) is 10.7. The standard InChI is InChI=1S/C13H10N6O2/c20-11-3-4-14-6-10(11)13(21)18-9-1-2-12(16-5-9)19-8-15-7-17-19/h1-8H,(H,14,20)(H,18,21). The van der Waals surface area contributed by atoms with Crippen LogP contribution in [0, 0.1) is 0 Å². The quantitative estimate of drug-likeness (QED) is 0.732. The van der Waals surface area contributed by atoms with E-state index in [-0.39, 0.29) is 11.0 Å². The van der Waals surface area contributed by atoms with Crippen LogP contribution in [0.2, 0.25) is 0 Å². The largest absolute Gasteiger partial charge is 0.367 e. The second-order valence-electron chi connectivity index (χ2n) is 4.12. The number of aromatic amines is 1. The molecule has 0 spiro atoms. The van der Waals surface area contributed by atoms with E-state index in [0.29, 0.717) is 11.5 Å². The molecule has 0 unspecified atom stereocenters. The fraction of sp³-hybridized carbons (Fsp3) is 0. The Morgan fingerprint density at radius 2 is 2.19 bits per heavy atom. The van der Waals surface area contributed by atoms with Gasteiger partial charge in [-0.1, -0.05) is 0 Å². The Labute approximate surface area is 118 Å². The zero-order valence-corrected chi connectivity index (χ0v) is 10.7. The summed E-state index contributed by atoms with van der Waals surface area (Å²) in [7, 11) is 0. The summed E-state index contributed by atoms with van der Waals surface area (Å²) in [5.41, 5.74) is 0.170. The van der Waals surface area contributed by atoms with Crippen LogP contribution < -0.4 is 10.7 Å². The molecule has 104 valence electrons. The summed E-state index contributed by atoms with van der Waals surface area (Å²) >= 11 is 0. The third-order valence-electron chi connectivity index (χ3n) is 2.73. The lowest BCUT2D eigenvalue weighted by Crippen LogP contribution is -2.20. The average molecular weight is 282 g/mol. The Bertz CT molecular complexity index is 807. The Hall–Kier alpha value is -3.29. The molecule has 21 heavy (non-hydrogen) atoms. The minimum absolute atomic E-state index is 0.0397. The van der Waals surface area contributed by atoms with Crippen LogP contribution in [0.3, 0.4) is 0 Å². The molecule has 3 heterocycles. The van der Waals surface area contributed by atoms with Crippen molar-refractivity contribution in [1.29, 1.82) is 0 Å². The van der Waals surface area contributed by atoms with E-state index in [1.54, 1.807) is 12.1 Å². The van der Waals surface area contributed by atoms with E-state index in [1.165, 1.54) is 42.0 Å². The van der Waals surface area contributed by atoms with Crippen molar-refractivity contribution in [1.82, 2.24) is 24.7 Å². The third kappa shape index (κ3) is 2.68. The van der Waals surface area contributed by atoms with Gasteiger partial charge in [-0.15, -0.1) is 0 Å². The number of nitrogens with one attached hydrogen (secondary N) is 2. The first-order valence-corrected chi connectivity index (χ1v) is 6.03. The summed E-state index contributed by atoms with van der Waals surface area (Å²) in [6, 6.07) is 4.64. The van der Waals surface area contributed by atoms with E-state index in [0.717, 1.165) is 0 Å². The molecule has 0 aliphatic carbocycles. The Morgan fingerprint density at radius 1 is 1.29 bits per heavy atom. The van der Waals surface area contributed by atoms with Crippen LogP contribution >= 0.6 is 0 Å². The SMILES string of the molecule is O=C(Nc1ccc(-n2cncn2)nc1)c1c[nH]ccc1=O. The highest BCUT2D eigenvalue weighted by Crippen LogP contribution is 2.09. The van der Waals surface area contributed by atoms with Gasteiger partial charge >= 0.3 is 0 Å². The molecule has 3 aromatic heterocycles. The number of carbonyl (C=O) groups is 1. The number of carbonyl (C=O) groups excluding carboxylic acids is 1. The van der Waals surface area contributed by atoms with Crippen LogP contribution in [-0.2, 0) is 0 Å². The number of rotatable bonds is 3. The van der Waals surface area contributed by atoms with Crippen molar-refractivity contribution in [2.75, 3.05) is 5.32 Å². The van der Waals surface area contributed by atoms with Gasteiger partial charge in [0.1, 0.15) is 18.2 Å². The first-order chi connectivity index (χ1) is 10.2. The van der Waals surface area contributed by atoms with E-state index in [4.69, 9.17) is 0 Å². The van der Waals surface area contributed by atoms with Gasteiger partial charge in [0, 0.05) is 18.5 Å². The number of hydrogen-bond donors (Lipinski definition) is 2. The van der Waals surface area contributed by atoms with Gasteiger partial charge in [-0.2, -0.15) is 5.10 Å². The normalized spacial score (nSPS) is 10.3. The van der Waals surface area contributed by atoms with Crippen molar-refractivity contribution in [3.63, 3.8) is 0 Å².